The molecule has 0 saturated heterocycles. The van der Waals surface area contributed by atoms with E-state index in [1.807, 2.05) is 0 Å². The van der Waals surface area contributed by atoms with Gasteiger partial charge < -0.3 is 24.0 Å². The first-order valence-electron chi connectivity index (χ1n) is 5.71. The molecule has 0 amide bonds. The van der Waals surface area contributed by atoms with Crippen LogP contribution in [0.15, 0.2) is 24.3 Å². The van der Waals surface area contributed by atoms with Gasteiger partial charge in [0.2, 0.25) is 0 Å². The van der Waals surface area contributed by atoms with Gasteiger partial charge in [-0.25, -0.2) is 0 Å². The number of unbranched alkanes of at least 4 members (excludes halogenated alkanes) is 2. The molecule has 1 aromatic carbocycles. The zero-order valence-corrected chi connectivity index (χ0v) is 13.7. The summed E-state index contributed by atoms with van der Waals surface area (Å²) in [6, 6.07) is 8.85. The zero-order chi connectivity index (χ0) is 10.7. The summed E-state index contributed by atoms with van der Waals surface area (Å²) in [7, 11) is 0. The summed E-state index contributed by atoms with van der Waals surface area (Å²) < 4.78 is 5.64. The maximum absolute atomic E-state index is 2.52. The summed E-state index contributed by atoms with van der Waals surface area (Å²) in [5.41, 5.74) is 1.46. The molecule has 88 valence electrons. The average Bonchev–Trinajstić information content (AvgIpc) is 2.56. The molecule has 0 unspecified atom stereocenters. The molecule has 1 heterocycles. The second-order valence-electron chi connectivity index (χ2n) is 3.95. The normalized spacial score (nSPS) is 10.4. The molecule has 3 heteroatoms. The van der Waals surface area contributed by atoms with Gasteiger partial charge in [0.05, 0.1) is 0 Å². The van der Waals surface area contributed by atoms with Gasteiger partial charge in [0.1, 0.15) is 0 Å². The molecular weight excluding hydrogens is 376 g/mol. The van der Waals surface area contributed by atoms with E-state index in [0.717, 1.165) is 0 Å². The van der Waals surface area contributed by atoms with Crippen molar-refractivity contribution >= 4 is 24.3 Å². The summed E-state index contributed by atoms with van der Waals surface area (Å²) in [6.45, 7) is 5.75. The molecule has 2 aromatic rings. The molecule has 1 aromatic heterocycles. The van der Waals surface area contributed by atoms with Gasteiger partial charge in [-0.05, 0) is 0 Å². The van der Waals surface area contributed by atoms with Crippen LogP contribution in [-0.4, -0.2) is 14.5 Å². The van der Waals surface area contributed by atoms with Crippen LogP contribution in [0, 0.1) is 6.92 Å². The van der Waals surface area contributed by atoms with Gasteiger partial charge in [-0.15, -0.1) is 0 Å². The van der Waals surface area contributed by atoms with Gasteiger partial charge in [-0.3, -0.25) is 0 Å². The average molecular weight is 394 g/mol. The van der Waals surface area contributed by atoms with Crippen molar-refractivity contribution in [2.75, 3.05) is 0 Å². The fraction of sp³-hybridized carbons (Fsp3) is 0.462. The Labute approximate surface area is 121 Å². The minimum Gasteiger partial charge on any atom is -1.00 e. The van der Waals surface area contributed by atoms with E-state index in [2.05, 4.69) is 42.7 Å². The molecule has 0 atom stereocenters. The predicted octanol–water partition coefficient (Wildman–Crippen LogP) is -0.313. The van der Waals surface area contributed by atoms with Crippen LogP contribution in [0.3, 0.4) is 0 Å². The Kier molecular flexibility index (Phi) is 6.01. The Hall–Kier alpha value is 0.139. The molecule has 0 aliphatic carbocycles. The molecule has 0 bridgehead atoms. The molecule has 0 fully saturated rings. The minimum atomic E-state index is 0. The Morgan fingerprint density at radius 2 is 1.94 bits per heavy atom. The minimum absolute atomic E-state index is 0. The van der Waals surface area contributed by atoms with E-state index in [1.165, 1.54) is 31.3 Å². The predicted molar refractivity (Wildman–Crippen MR) is 65.3 cm³/mol. The quantitative estimate of drug-likeness (QED) is 0.290. The van der Waals surface area contributed by atoms with Crippen LogP contribution in [0.4, 0.5) is 0 Å². The fourth-order valence-electron chi connectivity index (χ4n) is 1.95. The van der Waals surface area contributed by atoms with E-state index >= 15 is 0 Å². The molecule has 0 radical (unpaired) electrons. The van der Waals surface area contributed by atoms with E-state index in [-0.39, 0.29) is 24.0 Å². The summed E-state index contributed by atoms with van der Waals surface area (Å²) in [6.07, 6.45) is 3.97. The van der Waals surface area contributed by atoms with E-state index in [0.29, 0.717) is 14.5 Å². The zero-order valence-electron chi connectivity index (χ0n) is 9.87. The van der Waals surface area contributed by atoms with Gasteiger partial charge in [-0.1, -0.05) is 0 Å². The molecule has 0 saturated carbocycles. The summed E-state index contributed by atoms with van der Waals surface area (Å²) in [5, 5.41) is 0. The first-order chi connectivity index (χ1) is 7.33. The number of hydrogen-bond donors (Lipinski definition) is 0. The number of benzene rings is 1. The molecular formula is C13H18INSe. The van der Waals surface area contributed by atoms with E-state index in [9.17, 15) is 0 Å². The van der Waals surface area contributed by atoms with Crippen molar-refractivity contribution in [2.45, 2.75) is 39.7 Å². The topological polar surface area (TPSA) is 3.88 Å². The number of para-hydroxylation sites is 1. The number of hydrogen-bond acceptors (Lipinski definition) is 0. The van der Waals surface area contributed by atoms with Gasteiger partial charge in [0.25, 0.3) is 0 Å². The first kappa shape index (κ1) is 14.2. The van der Waals surface area contributed by atoms with Crippen molar-refractivity contribution in [3.05, 3.63) is 28.8 Å². The third-order valence-corrected chi connectivity index (χ3v) is 5.05. The van der Waals surface area contributed by atoms with Gasteiger partial charge >= 0.3 is 97.3 Å². The van der Waals surface area contributed by atoms with Gasteiger partial charge in [0.15, 0.2) is 0 Å². The smallest absolute Gasteiger partial charge is 1.00 e. The molecule has 0 N–H and O–H groups in total. The maximum atomic E-state index is 2.52. The number of aryl methyl sites for hydroxylation is 2. The monoisotopic (exact) mass is 395 g/mol. The third-order valence-electron chi connectivity index (χ3n) is 2.78. The van der Waals surface area contributed by atoms with E-state index in [1.54, 1.807) is 8.83 Å². The van der Waals surface area contributed by atoms with Gasteiger partial charge in [-0.2, -0.15) is 0 Å². The van der Waals surface area contributed by atoms with Crippen LogP contribution in [0.25, 0.3) is 9.78 Å². The summed E-state index contributed by atoms with van der Waals surface area (Å²) in [4.78, 5) is 0. The second-order valence-corrected chi connectivity index (χ2v) is 6.54. The number of fused-ring (bicyclic) bond motifs is 1. The molecule has 0 spiro atoms. The van der Waals surface area contributed by atoms with Crippen molar-refractivity contribution in [3.63, 3.8) is 0 Å². The Morgan fingerprint density at radius 1 is 1.19 bits per heavy atom. The van der Waals surface area contributed by atoms with Crippen LogP contribution >= 0.6 is 0 Å². The summed E-state index contributed by atoms with van der Waals surface area (Å²) in [5.74, 6) is 0. The van der Waals surface area contributed by atoms with Crippen LogP contribution in [-0.2, 0) is 6.54 Å². The number of nitrogens with zero attached hydrogens (tertiary/aromatic N) is 1. The van der Waals surface area contributed by atoms with Crippen LogP contribution in [0.1, 0.15) is 30.8 Å². The standard InChI is InChI=1S/C13H18NSe.HI/c1-3-4-7-10-14-11(2)15-13-9-6-5-8-12(13)14;/h5-6,8-9H,3-4,7,10H2,1-2H3;1H/q+1;/p-1. The van der Waals surface area contributed by atoms with Crippen molar-refractivity contribution in [3.8, 4) is 0 Å². The molecule has 16 heavy (non-hydrogen) atoms. The van der Waals surface area contributed by atoms with Crippen molar-refractivity contribution in [1.82, 2.24) is 0 Å². The molecule has 1 nitrogen and oxygen atoms in total. The SMILES string of the molecule is CCCCC[n+]1c(C)[se]c2ccccc21.[I-]. The van der Waals surface area contributed by atoms with Crippen molar-refractivity contribution in [1.29, 1.82) is 0 Å². The van der Waals surface area contributed by atoms with Crippen LogP contribution in [0.2, 0.25) is 0 Å². The largest absolute Gasteiger partial charge is 1.00 e. The Morgan fingerprint density at radius 3 is 2.69 bits per heavy atom. The number of aromatic nitrogens is 1. The second kappa shape index (κ2) is 6.77. The Balaban J connectivity index is 0.00000128. The van der Waals surface area contributed by atoms with Crippen LogP contribution in [0.5, 0.6) is 0 Å². The van der Waals surface area contributed by atoms with Crippen molar-refractivity contribution < 1.29 is 28.5 Å². The fourth-order valence-corrected chi connectivity index (χ4v) is 4.15. The molecule has 0 aliphatic rings. The van der Waals surface area contributed by atoms with E-state index in [4.69, 9.17) is 0 Å². The number of halogens is 1. The van der Waals surface area contributed by atoms with Crippen molar-refractivity contribution in [2.24, 2.45) is 0 Å². The van der Waals surface area contributed by atoms with Crippen LogP contribution < -0.4 is 28.5 Å². The Bertz CT molecular complexity index is 450. The third kappa shape index (κ3) is 3.08. The number of rotatable bonds is 4. The van der Waals surface area contributed by atoms with E-state index < -0.39 is 0 Å². The van der Waals surface area contributed by atoms with Gasteiger partial charge in [0, 0.05) is 0 Å². The first-order valence-corrected chi connectivity index (χ1v) is 7.42. The molecule has 2 rings (SSSR count). The molecule has 0 aliphatic heterocycles. The maximum Gasteiger partial charge on any atom is -1.00 e. The summed E-state index contributed by atoms with van der Waals surface area (Å²) >= 11 is 0.572.